The average molecular weight is 339 g/mol. The molecular weight excluding hydrogens is 320 g/mol. The van der Waals surface area contributed by atoms with Crippen LogP contribution in [0.5, 0.6) is 0 Å². The van der Waals surface area contributed by atoms with Gasteiger partial charge in [0.2, 0.25) is 0 Å². The van der Waals surface area contributed by atoms with E-state index in [-0.39, 0.29) is 12.1 Å². The molecule has 0 radical (unpaired) electrons. The van der Waals surface area contributed by atoms with Crippen LogP contribution in [-0.4, -0.2) is 6.03 Å². The van der Waals surface area contributed by atoms with Crippen molar-refractivity contribution in [3.63, 3.8) is 0 Å². The number of amides is 2. The normalized spacial score (nSPS) is 11.9. The van der Waals surface area contributed by atoms with Gasteiger partial charge in [-0.25, -0.2) is 4.79 Å². The van der Waals surface area contributed by atoms with Crippen molar-refractivity contribution in [3.05, 3.63) is 77.3 Å². The summed E-state index contributed by atoms with van der Waals surface area (Å²) >= 11 is 5.93. The van der Waals surface area contributed by atoms with E-state index in [0.29, 0.717) is 5.02 Å². The molecule has 0 aliphatic rings. The first-order valence-electron chi connectivity index (χ1n) is 7.98. The van der Waals surface area contributed by atoms with Gasteiger partial charge in [0, 0.05) is 10.4 Å². The van der Waals surface area contributed by atoms with Crippen LogP contribution in [0, 0.1) is 0 Å². The number of carbonyl (C=O) groups excluding carboxylic acids is 1. The molecule has 0 unspecified atom stereocenters. The van der Waals surface area contributed by atoms with Crippen LogP contribution in [0.15, 0.2) is 66.7 Å². The summed E-state index contributed by atoms with van der Waals surface area (Å²) in [6, 6.07) is 21.1. The average Bonchev–Trinajstić information content (AvgIpc) is 2.61. The molecule has 1 atom stereocenters. The monoisotopic (exact) mass is 338 g/mol. The smallest absolute Gasteiger partial charge is 0.319 e. The van der Waals surface area contributed by atoms with Crippen molar-refractivity contribution < 1.29 is 4.79 Å². The Bertz CT molecular complexity index is 840. The van der Waals surface area contributed by atoms with Crippen molar-refractivity contribution in [1.29, 1.82) is 0 Å². The highest BCUT2D eigenvalue weighted by Crippen LogP contribution is 2.24. The summed E-state index contributed by atoms with van der Waals surface area (Å²) in [6.45, 7) is 2.04. The van der Waals surface area contributed by atoms with Crippen LogP contribution in [0.3, 0.4) is 0 Å². The van der Waals surface area contributed by atoms with Gasteiger partial charge in [0.15, 0.2) is 0 Å². The highest BCUT2D eigenvalue weighted by atomic mass is 35.5. The molecule has 3 aromatic rings. The number of carbonyl (C=O) groups is 1. The highest BCUT2D eigenvalue weighted by molar-refractivity contribution is 6.30. The molecule has 0 spiro atoms. The van der Waals surface area contributed by atoms with Gasteiger partial charge >= 0.3 is 6.03 Å². The quantitative estimate of drug-likeness (QED) is 0.623. The molecule has 24 heavy (non-hydrogen) atoms. The van der Waals surface area contributed by atoms with Gasteiger partial charge in [-0.2, -0.15) is 0 Å². The zero-order chi connectivity index (χ0) is 16.9. The van der Waals surface area contributed by atoms with E-state index in [4.69, 9.17) is 11.6 Å². The van der Waals surface area contributed by atoms with E-state index in [1.807, 2.05) is 73.7 Å². The van der Waals surface area contributed by atoms with Gasteiger partial charge < -0.3 is 10.6 Å². The van der Waals surface area contributed by atoms with Crippen LogP contribution in [0.25, 0.3) is 10.8 Å². The molecule has 0 aromatic heterocycles. The van der Waals surface area contributed by atoms with Crippen molar-refractivity contribution in [2.24, 2.45) is 0 Å². The molecule has 4 heteroatoms. The molecule has 3 rings (SSSR count). The summed E-state index contributed by atoms with van der Waals surface area (Å²) < 4.78 is 0. The standard InChI is InChI=1S/C20H19ClN2O/c1-2-18(15-10-12-16(21)13-11-15)22-20(24)23-19-9-5-7-14-6-3-4-8-17(14)19/h3-13,18H,2H2,1H3,(H2,22,23,24)/t18-/m0/s1. The van der Waals surface area contributed by atoms with Gasteiger partial charge in [0.05, 0.1) is 11.7 Å². The van der Waals surface area contributed by atoms with E-state index in [2.05, 4.69) is 10.6 Å². The summed E-state index contributed by atoms with van der Waals surface area (Å²) in [7, 11) is 0. The number of hydrogen-bond acceptors (Lipinski definition) is 1. The summed E-state index contributed by atoms with van der Waals surface area (Å²) in [5.74, 6) is 0. The zero-order valence-electron chi connectivity index (χ0n) is 13.4. The Labute approximate surface area is 146 Å². The third-order valence-corrected chi connectivity index (χ3v) is 4.28. The first-order valence-corrected chi connectivity index (χ1v) is 8.36. The molecular formula is C20H19ClN2O. The Kier molecular flexibility index (Phi) is 5.02. The maximum absolute atomic E-state index is 12.4. The number of fused-ring (bicyclic) bond motifs is 1. The maximum atomic E-state index is 12.4. The number of anilines is 1. The lowest BCUT2D eigenvalue weighted by Crippen LogP contribution is -2.32. The molecule has 122 valence electrons. The minimum atomic E-state index is -0.215. The van der Waals surface area contributed by atoms with Crippen LogP contribution in [0.4, 0.5) is 10.5 Å². The van der Waals surface area contributed by atoms with E-state index in [1.165, 1.54) is 0 Å². The molecule has 0 aliphatic heterocycles. The van der Waals surface area contributed by atoms with Gasteiger partial charge in [-0.05, 0) is 35.6 Å². The van der Waals surface area contributed by atoms with Crippen LogP contribution >= 0.6 is 11.6 Å². The topological polar surface area (TPSA) is 41.1 Å². The van der Waals surface area contributed by atoms with Crippen molar-refractivity contribution in [2.75, 3.05) is 5.32 Å². The zero-order valence-corrected chi connectivity index (χ0v) is 14.2. The van der Waals surface area contributed by atoms with E-state index in [1.54, 1.807) is 0 Å². The molecule has 3 aromatic carbocycles. The van der Waals surface area contributed by atoms with Gasteiger partial charge in [-0.1, -0.05) is 67.1 Å². The van der Waals surface area contributed by atoms with Gasteiger partial charge in [0.1, 0.15) is 0 Å². The first-order chi connectivity index (χ1) is 11.7. The van der Waals surface area contributed by atoms with Crippen LogP contribution in [0.2, 0.25) is 5.02 Å². The lowest BCUT2D eigenvalue weighted by molar-refractivity contribution is 0.248. The summed E-state index contributed by atoms with van der Waals surface area (Å²) in [5, 5.41) is 8.79. The Morgan fingerprint density at radius 1 is 1.00 bits per heavy atom. The maximum Gasteiger partial charge on any atom is 0.319 e. The molecule has 0 saturated carbocycles. The Morgan fingerprint density at radius 3 is 2.46 bits per heavy atom. The fourth-order valence-corrected chi connectivity index (χ4v) is 2.89. The molecule has 0 aliphatic carbocycles. The van der Waals surface area contributed by atoms with Crippen LogP contribution < -0.4 is 10.6 Å². The van der Waals surface area contributed by atoms with Gasteiger partial charge in [0.25, 0.3) is 0 Å². The molecule has 2 N–H and O–H groups in total. The molecule has 2 amide bonds. The second kappa shape index (κ2) is 7.37. The van der Waals surface area contributed by atoms with Crippen LogP contribution in [0.1, 0.15) is 24.9 Å². The van der Waals surface area contributed by atoms with E-state index < -0.39 is 0 Å². The second-order valence-corrected chi connectivity index (χ2v) is 6.07. The predicted molar refractivity (Wildman–Crippen MR) is 101 cm³/mol. The minimum absolute atomic E-state index is 0.0581. The number of urea groups is 1. The number of halogens is 1. The number of nitrogens with one attached hydrogen (secondary N) is 2. The number of hydrogen-bond donors (Lipinski definition) is 2. The Balaban J connectivity index is 1.75. The fraction of sp³-hybridized carbons (Fsp3) is 0.150. The van der Waals surface area contributed by atoms with Crippen molar-refractivity contribution in [3.8, 4) is 0 Å². The summed E-state index contributed by atoms with van der Waals surface area (Å²) in [6.07, 6.45) is 0.796. The SMILES string of the molecule is CC[C@H](NC(=O)Nc1cccc2ccccc12)c1ccc(Cl)cc1. The molecule has 0 fully saturated rings. The third kappa shape index (κ3) is 3.69. The highest BCUT2D eigenvalue weighted by Gasteiger charge is 2.13. The van der Waals surface area contributed by atoms with Crippen LogP contribution in [-0.2, 0) is 0 Å². The number of benzene rings is 3. The van der Waals surface area contributed by atoms with Crippen molar-refractivity contribution in [1.82, 2.24) is 5.32 Å². The van der Waals surface area contributed by atoms with E-state index in [9.17, 15) is 4.79 Å². The largest absolute Gasteiger partial charge is 0.331 e. The Morgan fingerprint density at radius 2 is 1.71 bits per heavy atom. The summed E-state index contributed by atoms with van der Waals surface area (Å²) in [5.41, 5.74) is 1.84. The van der Waals surface area contributed by atoms with Crippen molar-refractivity contribution >= 4 is 34.1 Å². The van der Waals surface area contributed by atoms with E-state index >= 15 is 0 Å². The van der Waals surface area contributed by atoms with Crippen molar-refractivity contribution in [2.45, 2.75) is 19.4 Å². The lowest BCUT2D eigenvalue weighted by atomic mass is 10.1. The fourth-order valence-electron chi connectivity index (χ4n) is 2.77. The third-order valence-electron chi connectivity index (χ3n) is 4.02. The molecule has 3 nitrogen and oxygen atoms in total. The minimum Gasteiger partial charge on any atom is -0.331 e. The molecule has 0 saturated heterocycles. The molecule has 0 bridgehead atoms. The molecule has 0 heterocycles. The number of rotatable bonds is 4. The van der Waals surface area contributed by atoms with Gasteiger partial charge in [-0.15, -0.1) is 0 Å². The predicted octanol–water partition coefficient (Wildman–Crippen LogP) is 5.77. The summed E-state index contributed by atoms with van der Waals surface area (Å²) in [4.78, 5) is 12.4. The Hall–Kier alpha value is -2.52. The first kappa shape index (κ1) is 16.3. The van der Waals surface area contributed by atoms with Gasteiger partial charge in [-0.3, -0.25) is 0 Å². The second-order valence-electron chi connectivity index (χ2n) is 5.64. The van der Waals surface area contributed by atoms with E-state index in [0.717, 1.165) is 28.4 Å². The lowest BCUT2D eigenvalue weighted by Gasteiger charge is -2.18.